The van der Waals surface area contributed by atoms with Crippen LogP contribution in [0, 0.1) is 29.1 Å². The van der Waals surface area contributed by atoms with Crippen molar-refractivity contribution in [2.24, 2.45) is 29.1 Å². The lowest BCUT2D eigenvalue weighted by molar-refractivity contribution is -0.126. The zero-order valence-electron chi connectivity index (χ0n) is 11.8. The molecule has 0 aliphatic heterocycles. The molecule has 0 aromatic rings. The van der Waals surface area contributed by atoms with E-state index < -0.39 is 0 Å². The first kappa shape index (κ1) is 13.7. The Kier molecular flexibility index (Phi) is 4.20. The average molecular weight is 224 g/mol. The van der Waals surface area contributed by atoms with E-state index in [-0.39, 0.29) is 5.41 Å². The molecule has 0 bridgehead atoms. The molecule has 3 atom stereocenters. The predicted molar refractivity (Wildman–Crippen MR) is 69.3 cm³/mol. The van der Waals surface area contributed by atoms with Gasteiger partial charge >= 0.3 is 0 Å². The molecule has 1 heteroatoms. The van der Waals surface area contributed by atoms with Gasteiger partial charge in [0.2, 0.25) is 0 Å². The van der Waals surface area contributed by atoms with E-state index in [1.54, 1.807) is 0 Å². The third-order valence-electron chi connectivity index (χ3n) is 4.17. The number of hydrogen-bond donors (Lipinski definition) is 0. The lowest BCUT2D eigenvalue weighted by Gasteiger charge is -2.33. The van der Waals surface area contributed by atoms with E-state index in [1.807, 2.05) is 0 Å². The first-order valence-electron chi connectivity index (χ1n) is 6.82. The molecule has 0 aromatic heterocycles. The van der Waals surface area contributed by atoms with Crippen molar-refractivity contribution in [2.45, 2.75) is 60.8 Å². The molecule has 0 N–H and O–H groups in total. The summed E-state index contributed by atoms with van der Waals surface area (Å²) in [6, 6.07) is 0. The van der Waals surface area contributed by atoms with Gasteiger partial charge in [-0.05, 0) is 30.1 Å². The molecule has 1 aliphatic rings. The Morgan fingerprint density at radius 2 is 1.88 bits per heavy atom. The van der Waals surface area contributed by atoms with Gasteiger partial charge in [0.15, 0.2) is 0 Å². The zero-order valence-corrected chi connectivity index (χ0v) is 11.8. The molecule has 1 aliphatic carbocycles. The minimum absolute atomic E-state index is 0.271. The summed E-state index contributed by atoms with van der Waals surface area (Å²) in [5, 5.41) is 0. The predicted octanol–water partition coefficient (Wildman–Crippen LogP) is 4.31. The van der Waals surface area contributed by atoms with Crippen LogP contribution in [0.15, 0.2) is 0 Å². The second-order valence-corrected chi connectivity index (χ2v) is 6.87. The van der Waals surface area contributed by atoms with Crippen LogP contribution >= 0.6 is 0 Å². The fraction of sp³-hybridized carbons (Fsp3) is 0.933. The molecule has 0 amide bonds. The average Bonchev–Trinajstić information content (AvgIpc) is 2.44. The Morgan fingerprint density at radius 1 is 1.31 bits per heavy atom. The van der Waals surface area contributed by atoms with Crippen molar-refractivity contribution in [1.29, 1.82) is 0 Å². The number of Topliss-reactive ketones (excluding diaryl/α,β-unsaturated/α-hetero) is 1. The molecule has 1 rings (SSSR count). The van der Waals surface area contributed by atoms with Crippen molar-refractivity contribution in [1.82, 2.24) is 0 Å². The van der Waals surface area contributed by atoms with Crippen molar-refractivity contribution in [3.63, 3.8) is 0 Å². The number of rotatable bonds is 3. The number of hydrogen-bond acceptors (Lipinski definition) is 1. The molecular weight excluding hydrogens is 196 g/mol. The number of carbonyl (C=O) groups excluding carboxylic acids is 1. The molecular formula is C15H28O. The summed E-state index contributed by atoms with van der Waals surface area (Å²) in [5.74, 6) is 2.28. The summed E-state index contributed by atoms with van der Waals surface area (Å²) < 4.78 is 0. The van der Waals surface area contributed by atoms with Gasteiger partial charge < -0.3 is 0 Å². The standard InChI is InChI=1S/C15H28O/c1-7-8-11-9-12(15(4,5)6)13(10(2)3)14(11)16/h10-13H,7-9H2,1-6H3. The fourth-order valence-corrected chi connectivity index (χ4v) is 3.33. The lowest BCUT2D eigenvalue weighted by Crippen LogP contribution is -2.30. The van der Waals surface area contributed by atoms with Gasteiger partial charge in [0, 0.05) is 11.8 Å². The summed E-state index contributed by atoms with van der Waals surface area (Å²) in [5.41, 5.74) is 0.271. The normalized spacial score (nSPS) is 31.4. The highest BCUT2D eigenvalue weighted by Crippen LogP contribution is 2.48. The molecule has 1 fully saturated rings. The SMILES string of the molecule is CCCC1CC(C(C)(C)C)C(C(C)C)C1=O. The topological polar surface area (TPSA) is 17.1 Å². The van der Waals surface area contributed by atoms with Gasteiger partial charge in [-0.15, -0.1) is 0 Å². The summed E-state index contributed by atoms with van der Waals surface area (Å²) >= 11 is 0. The molecule has 1 saturated carbocycles. The summed E-state index contributed by atoms with van der Waals surface area (Å²) in [7, 11) is 0. The molecule has 0 heterocycles. The number of ketones is 1. The Bertz CT molecular complexity index is 247. The van der Waals surface area contributed by atoms with E-state index in [9.17, 15) is 4.79 Å². The van der Waals surface area contributed by atoms with E-state index in [0.717, 1.165) is 19.3 Å². The van der Waals surface area contributed by atoms with Crippen molar-refractivity contribution < 1.29 is 4.79 Å². The van der Waals surface area contributed by atoms with Gasteiger partial charge in [0.1, 0.15) is 5.78 Å². The maximum atomic E-state index is 12.4. The third kappa shape index (κ3) is 2.67. The van der Waals surface area contributed by atoms with E-state index in [1.165, 1.54) is 0 Å². The van der Waals surface area contributed by atoms with Crippen molar-refractivity contribution in [3.05, 3.63) is 0 Å². The van der Waals surface area contributed by atoms with E-state index in [0.29, 0.717) is 29.5 Å². The van der Waals surface area contributed by atoms with Gasteiger partial charge in [-0.25, -0.2) is 0 Å². The van der Waals surface area contributed by atoms with Crippen LogP contribution in [0.3, 0.4) is 0 Å². The highest BCUT2D eigenvalue weighted by Gasteiger charge is 2.47. The maximum absolute atomic E-state index is 12.4. The van der Waals surface area contributed by atoms with Crippen molar-refractivity contribution in [3.8, 4) is 0 Å². The summed E-state index contributed by atoms with van der Waals surface area (Å²) in [6.45, 7) is 13.4. The van der Waals surface area contributed by atoms with Gasteiger partial charge in [-0.2, -0.15) is 0 Å². The minimum Gasteiger partial charge on any atom is -0.299 e. The molecule has 3 unspecified atom stereocenters. The van der Waals surface area contributed by atoms with E-state index >= 15 is 0 Å². The van der Waals surface area contributed by atoms with Crippen LogP contribution in [0.5, 0.6) is 0 Å². The molecule has 0 spiro atoms. The van der Waals surface area contributed by atoms with Crippen LogP contribution < -0.4 is 0 Å². The maximum Gasteiger partial charge on any atom is 0.139 e. The first-order chi connectivity index (χ1) is 7.29. The van der Waals surface area contributed by atoms with Gasteiger partial charge in [-0.3, -0.25) is 4.79 Å². The molecule has 0 radical (unpaired) electrons. The second kappa shape index (κ2) is 4.89. The summed E-state index contributed by atoms with van der Waals surface area (Å²) in [4.78, 5) is 12.4. The first-order valence-corrected chi connectivity index (χ1v) is 6.82. The van der Waals surface area contributed by atoms with Crippen LogP contribution in [-0.2, 0) is 4.79 Å². The van der Waals surface area contributed by atoms with Crippen LogP contribution in [0.4, 0.5) is 0 Å². The zero-order chi connectivity index (χ0) is 12.5. The van der Waals surface area contributed by atoms with Crippen LogP contribution in [0.1, 0.15) is 60.8 Å². The molecule has 0 aromatic carbocycles. The van der Waals surface area contributed by atoms with Crippen molar-refractivity contribution >= 4 is 5.78 Å². The minimum atomic E-state index is 0.271. The monoisotopic (exact) mass is 224 g/mol. The molecule has 0 saturated heterocycles. The van der Waals surface area contributed by atoms with Crippen LogP contribution in [-0.4, -0.2) is 5.78 Å². The van der Waals surface area contributed by atoms with Gasteiger partial charge in [0.05, 0.1) is 0 Å². The van der Waals surface area contributed by atoms with Crippen LogP contribution in [0.2, 0.25) is 0 Å². The molecule has 1 nitrogen and oxygen atoms in total. The largest absolute Gasteiger partial charge is 0.299 e. The Balaban J connectivity index is 2.89. The smallest absolute Gasteiger partial charge is 0.139 e. The molecule has 94 valence electrons. The van der Waals surface area contributed by atoms with E-state index in [4.69, 9.17) is 0 Å². The lowest BCUT2D eigenvalue weighted by atomic mass is 9.71. The van der Waals surface area contributed by atoms with Gasteiger partial charge in [0.25, 0.3) is 0 Å². The van der Waals surface area contributed by atoms with Gasteiger partial charge in [-0.1, -0.05) is 48.0 Å². The highest BCUT2D eigenvalue weighted by molar-refractivity contribution is 5.86. The third-order valence-corrected chi connectivity index (χ3v) is 4.17. The quantitative estimate of drug-likeness (QED) is 0.698. The Morgan fingerprint density at radius 3 is 2.19 bits per heavy atom. The summed E-state index contributed by atoms with van der Waals surface area (Å²) in [6.07, 6.45) is 3.35. The number of carbonyl (C=O) groups is 1. The second-order valence-electron chi connectivity index (χ2n) is 6.87. The Hall–Kier alpha value is -0.330. The van der Waals surface area contributed by atoms with E-state index in [2.05, 4.69) is 41.5 Å². The van der Waals surface area contributed by atoms with Crippen LogP contribution in [0.25, 0.3) is 0 Å². The van der Waals surface area contributed by atoms with Crippen molar-refractivity contribution in [2.75, 3.05) is 0 Å². The highest BCUT2D eigenvalue weighted by atomic mass is 16.1. The Labute approximate surface area is 101 Å². The molecule has 16 heavy (non-hydrogen) atoms. The fourth-order valence-electron chi connectivity index (χ4n) is 3.33.